The third kappa shape index (κ3) is 4.03. The standard InChI is InChI=1S/C15H23N5O3S/c1-16-15(20-13-9-11-4-5-14(13)23-11)18-7-8-19-24(21,22)12-3-2-6-17-10-12/h2-3,6,10-11,13-14,19H,4-5,7-9H2,1H3,(H2,16,18,20). The van der Waals surface area contributed by atoms with E-state index >= 15 is 0 Å². The summed E-state index contributed by atoms with van der Waals surface area (Å²) in [6.45, 7) is 0.686. The summed E-state index contributed by atoms with van der Waals surface area (Å²) in [5.74, 6) is 0.664. The van der Waals surface area contributed by atoms with Gasteiger partial charge in [0.05, 0.1) is 18.2 Å². The maximum Gasteiger partial charge on any atom is 0.242 e. The average molecular weight is 353 g/mol. The van der Waals surface area contributed by atoms with Crippen LogP contribution in [0.5, 0.6) is 0 Å². The quantitative estimate of drug-likeness (QED) is 0.373. The molecule has 8 nitrogen and oxygen atoms in total. The number of rotatable bonds is 6. The molecule has 9 heteroatoms. The molecule has 1 aromatic rings. The van der Waals surface area contributed by atoms with Crippen LogP contribution in [0.3, 0.4) is 0 Å². The summed E-state index contributed by atoms with van der Waals surface area (Å²) in [6.07, 6.45) is 6.73. The van der Waals surface area contributed by atoms with Gasteiger partial charge in [-0.15, -0.1) is 0 Å². The summed E-state index contributed by atoms with van der Waals surface area (Å²) >= 11 is 0. The maximum absolute atomic E-state index is 12.1. The Morgan fingerprint density at radius 3 is 2.92 bits per heavy atom. The van der Waals surface area contributed by atoms with Gasteiger partial charge in [-0.25, -0.2) is 13.1 Å². The van der Waals surface area contributed by atoms with Gasteiger partial charge in [-0.05, 0) is 31.4 Å². The summed E-state index contributed by atoms with van der Waals surface area (Å²) in [5, 5.41) is 6.47. The molecule has 3 atom stereocenters. The second-order valence-electron chi connectivity index (χ2n) is 5.95. The van der Waals surface area contributed by atoms with E-state index in [4.69, 9.17) is 4.74 Å². The largest absolute Gasteiger partial charge is 0.373 e. The molecule has 3 N–H and O–H groups in total. The Bertz CT molecular complexity index is 680. The SMILES string of the molecule is CN=C(NCCNS(=O)(=O)c1cccnc1)NC1CC2CCC1O2. The minimum absolute atomic E-state index is 0.159. The molecule has 0 amide bonds. The van der Waals surface area contributed by atoms with Crippen LogP contribution in [0.15, 0.2) is 34.4 Å². The smallest absolute Gasteiger partial charge is 0.242 e. The van der Waals surface area contributed by atoms with Gasteiger partial charge in [0.1, 0.15) is 4.90 Å². The summed E-state index contributed by atoms with van der Waals surface area (Å²) < 4.78 is 32.5. The fraction of sp³-hybridized carbons (Fsp3) is 0.600. The van der Waals surface area contributed by atoms with E-state index in [1.807, 2.05) is 0 Å². The number of fused-ring (bicyclic) bond motifs is 2. The Morgan fingerprint density at radius 2 is 2.29 bits per heavy atom. The zero-order valence-corrected chi connectivity index (χ0v) is 14.4. The topological polar surface area (TPSA) is 105 Å². The molecular weight excluding hydrogens is 330 g/mol. The minimum Gasteiger partial charge on any atom is -0.373 e. The lowest BCUT2D eigenvalue weighted by Gasteiger charge is -2.22. The van der Waals surface area contributed by atoms with Crippen LogP contribution >= 0.6 is 0 Å². The van der Waals surface area contributed by atoms with Crippen molar-refractivity contribution in [3.05, 3.63) is 24.5 Å². The Hall–Kier alpha value is -1.71. The number of ether oxygens (including phenoxy) is 1. The average Bonchev–Trinajstić information content (AvgIpc) is 3.21. The first-order valence-electron chi connectivity index (χ1n) is 8.11. The first kappa shape index (κ1) is 17.1. The van der Waals surface area contributed by atoms with Gasteiger partial charge in [0.25, 0.3) is 0 Å². The first-order valence-corrected chi connectivity index (χ1v) is 9.59. The van der Waals surface area contributed by atoms with Crippen LogP contribution in [0, 0.1) is 0 Å². The Morgan fingerprint density at radius 1 is 1.42 bits per heavy atom. The van der Waals surface area contributed by atoms with Crippen molar-refractivity contribution in [3.8, 4) is 0 Å². The van der Waals surface area contributed by atoms with Crippen LogP contribution in [0.4, 0.5) is 0 Å². The normalized spacial score (nSPS) is 26.5. The first-order chi connectivity index (χ1) is 11.6. The molecule has 0 aliphatic carbocycles. The monoisotopic (exact) mass is 353 g/mol. The minimum atomic E-state index is -3.53. The van der Waals surface area contributed by atoms with Crippen LogP contribution < -0.4 is 15.4 Å². The van der Waals surface area contributed by atoms with Crippen molar-refractivity contribution in [2.75, 3.05) is 20.1 Å². The fourth-order valence-corrected chi connectivity index (χ4v) is 4.11. The molecule has 0 spiro atoms. The number of sulfonamides is 1. The summed E-state index contributed by atoms with van der Waals surface area (Å²) in [5.41, 5.74) is 0. The van der Waals surface area contributed by atoms with Gasteiger partial charge in [0.15, 0.2) is 5.96 Å². The number of hydrogen-bond acceptors (Lipinski definition) is 5. The summed E-state index contributed by atoms with van der Waals surface area (Å²) in [7, 11) is -1.83. The van der Waals surface area contributed by atoms with E-state index < -0.39 is 10.0 Å². The molecule has 1 aromatic heterocycles. The number of guanidine groups is 1. The van der Waals surface area contributed by atoms with Crippen LogP contribution in [-0.2, 0) is 14.8 Å². The van der Waals surface area contributed by atoms with Gasteiger partial charge in [0.2, 0.25) is 10.0 Å². The molecule has 3 heterocycles. The number of hydrogen-bond donors (Lipinski definition) is 3. The van der Waals surface area contributed by atoms with Crippen molar-refractivity contribution in [3.63, 3.8) is 0 Å². The van der Waals surface area contributed by atoms with Gasteiger partial charge in [-0.3, -0.25) is 9.98 Å². The van der Waals surface area contributed by atoms with Crippen LogP contribution in [0.2, 0.25) is 0 Å². The van der Waals surface area contributed by atoms with Gasteiger partial charge in [0, 0.05) is 32.5 Å². The summed E-state index contributed by atoms with van der Waals surface area (Å²) in [4.78, 5) is 8.16. The fourth-order valence-electron chi connectivity index (χ4n) is 3.12. The molecule has 0 saturated carbocycles. The third-order valence-corrected chi connectivity index (χ3v) is 5.75. The van der Waals surface area contributed by atoms with Crippen LogP contribution in [0.25, 0.3) is 0 Å². The maximum atomic E-state index is 12.1. The number of nitrogens with zero attached hydrogens (tertiary/aromatic N) is 2. The number of nitrogens with one attached hydrogen (secondary N) is 3. The molecule has 2 saturated heterocycles. The highest BCUT2D eigenvalue weighted by molar-refractivity contribution is 7.89. The molecule has 132 valence electrons. The zero-order valence-electron chi connectivity index (χ0n) is 13.6. The van der Waals surface area contributed by atoms with E-state index in [1.165, 1.54) is 18.5 Å². The van der Waals surface area contributed by atoms with Crippen LogP contribution in [-0.4, -0.2) is 57.7 Å². The summed E-state index contributed by atoms with van der Waals surface area (Å²) in [6, 6.07) is 3.39. The Balaban J connectivity index is 1.42. The molecule has 24 heavy (non-hydrogen) atoms. The predicted molar refractivity (Wildman–Crippen MR) is 90.2 cm³/mol. The lowest BCUT2D eigenvalue weighted by atomic mass is 9.96. The molecular formula is C15H23N5O3S. The molecule has 3 unspecified atom stereocenters. The van der Waals surface area contributed by atoms with Gasteiger partial charge >= 0.3 is 0 Å². The van der Waals surface area contributed by atoms with E-state index in [0.717, 1.165) is 19.3 Å². The van der Waals surface area contributed by atoms with Crippen molar-refractivity contribution in [1.82, 2.24) is 20.3 Å². The van der Waals surface area contributed by atoms with E-state index in [-0.39, 0.29) is 23.6 Å². The van der Waals surface area contributed by atoms with Gasteiger partial charge < -0.3 is 15.4 Å². The lowest BCUT2D eigenvalue weighted by Crippen LogP contribution is -2.48. The second-order valence-corrected chi connectivity index (χ2v) is 7.71. The van der Waals surface area contributed by atoms with E-state index in [9.17, 15) is 8.42 Å². The predicted octanol–water partition coefficient (Wildman–Crippen LogP) is -0.155. The molecule has 2 fully saturated rings. The highest BCUT2D eigenvalue weighted by Crippen LogP contribution is 2.34. The zero-order chi connectivity index (χ0) is 17.0. The Kier molecular flexibility index (Phi) is 5.32. The van der Waals surface area contributed by atoms with Crippen molar-refractivity contribution >= 4 is 16.0 Å². The highest BCUT2D eigenvalue weighted by Gasteiger charge is 2.41. The van der Waals surface area contributed by atoms with E-state index in [2.05, 4.69) is 25.3 Å². The van der Waals surface area contributed by atoms with Gasteiger partial charge in [-0.2, -0.15) is 0 Å². The number of pyridine rings is 1. The van der Waals surface area contributed by atoms with Crippen LogP contribution in [0.1, 0.15) is 19.3 Å². The number of aromatic nitrogens is 1. The van der Waals surface area contributed by atoms with Crippen molar-refractivity contribution < 1.29 is 13.2 Å². The third-order valence-electron chi connectivity index (χ3n) is 4.31. The highest BCUT2D eigenvalue weighted by atomic mass is 32.2. The van der Waals surface area contributed by atoms with Crippen molar-refractivity contribution in [2.24, 2.45) is 4.99 Å². The van der Waals surface area contributed by atoms with E-state index in [0.29, 0.717) is 18.6 Å². The molecule has 2 aliphatic rings. The van der Waals surface area contributed by atoms with Crippen molar-refractivity contribution in [1.29, 1.82) is 0 Å². The Labute approximate surface area is 142 Å². The second kappa shape index (κ2) is 7.45. The molecule has 2 aliphatic heterocycles. The lowest BCUT2D eigenvalue weighted by molar-refractivity contribution is 0.0992. The molecule has 0 radical (unpaired) electrons. The van der Waals surface area contributed by atoms with Crippen molar-refractivity contribution in [2.45, 2.75) is 42.4 Å². The number of aliphatic imine (C=N–C) groups is 1. The molecule has 2 bridgehead atoms. The molecule has 3 rings (SSSR count). The molecule has 0 aromatic carbocycles. The van der Waals surface area contributed by atoms with Gasteiger partial charge in [-0.1, -0.05) is 0 Å². The van der Waals surface area contributed by atoms with E-state index in [1.54, 1.807) is 13.1 Å².